The third-order valence-corrected chi connectivity index (χ3v) is 2.95. The minimum absolute atomic E-state index is 0.566. The Morgan fingerprint density at radius 3 is 3.31 bits per heavy atom. The van der Waals surface area contributed by atoms with Crippen LogP contribution in [0.1, 0.15) is 12.0 Å². The maximum absolute atomic E-state index is 9.02. The Bertz CT molecular complexity index is 399. The van der Waals surface area contributed by atoms with Crippen LogP contribution >= 0.6 is 0 Å². The van der Waals surface area contributed by atoms with Crippen LogP contribution in [0.4, 0.5) is 5.69 Å². The van der Waals surface area contributed by atoms with Crippen molar-refractivity contribution in [3.05, 3.63) is 24.0 Å². The molecule has 2 heterocycles. The maximum atomic E-state index is 9.02. The molecule has 0 spiro atoms. The fourth-order valence-corrected chi connectivity index (χ4v) is 2.16. The summed E-state index contributed by atoms with van der Waals surface area (Å²) in [5.74, 6) is 0.566. The lowest BCUT2D eigenvalue weighted by Gasteiger charge is -2.19. The Labute approximate surface area is 95.5 Å². The molecule has 1 aliphatic heterocycles. The fourth-order valence-electron chi connectivity index (χ4n) is 2.16. The van der Waals surface area contributed by atoms with E-state index < -0.39 is 0 Å². The number of rotatable bonds is 3. The summed E-state index contributed by atoms with van der Waals surface area (Å²) in [6.45, 7) is 2.72. The summed E-state index contributed by atoms with van der Waals surface area (Å²) in [5, 5.41) is 9.02. The van der Waals surface area contributed by atoms with Gasteiger partial charge in [0.2, 0.25) is 0 Å². The van der Waals surface area contributed by atoms with E-state index in [0.29, 0.717) is 11.5 Å². The van der Waals surface area contributed by atoms with Crippen LogP contribution in [0.15, 0.2) is 18.5 Å². The summed E-state index contributed by atoms with van der Waals surface area (Å²) in [6.07, 6.45) is 4.55. The Morgan fingerprint density at radius 1 is 1.69 bits per heavy atom. The number of aromatic nitrogens is 1. The summed E-state index contributed by atoms with van der Waals surface area (Å²) in [4.78, 5) is 6.30. The zero-order valence-corrected chi connectivity index (χ0v) is 9.39. The predicted octanol–water partition coefficient (Wildman–Crippen LogP) is 1.43. The van der Waals surface area contributed by atoms with E-state index in [-0.39, 0.29) is 0 Å². The number of anilines is 1. The first-order chi connectivity index (χ1) is 7.85. The lowest BCUT2D eigenvalue weighted by molar-refractivity contribution is 0.161. The van der Waals surface area contributed by atoms with E-state index in [1.165, 1.54) is 0 Å². The van der Waals surface area contributed by atoms with Crippen LogP contribution < -0.4 is 4.90 Å². The van der Waals surface area contributed by atoms with Crippen molar-refractivity contribution < 1.29 is 4.74 Å². The number of ether oxygens (including phenoxy) is 1. The zero-order valence-electron chi connectivity index (χ0n) is 9.39. The highest BCUT2D eigenvalue weighted by Gasteiger charge is 2.24. The molecule has 1 aromatic heterocycles. The molecule has 2 rings (SSSR count). The minimum Gasteiger partial charge on any atom is -0.384 e. The number of hydrogen-bond acceptors (Lipinski definition) is 4. The summed E-state index contributed by atoms with van der Waals surface area (Å²) < 4.78 is 5.16. The topological polar surface area (TPSA) is 49.1 Å². The molecule has 1 aliphatic rings. The molecule has 0 amide bonds. The molecule has 16 heavy (non-hydrogen) atoms. The van der Waals surface area contributed by atoms with Crippen LogP contribution in [0.25, 0.3) is 0 Å². The molecule has 0 aromatic carbocycles. The molecule has 84 valence electrons. The predicted molar refractivity (Wildman–Crippen MR) is 61.1 cm³/mol. The van der Waals surface area contributed by atoms with Crippen molar-refractivity contribution in [1.29, 1.82) is 5.26 Å². The average molecular weight is 217 g/mol. The van der Waals surface area contributed by atoms with E-state index in [1.54, 1.807) is 25.6 Å². The van der Waals surface area contributed by atoms with Crippen molar-refractivity contribution in [3.8, 4) is 6.07 Å². The molecule has 4 heteroatoms. The van der Waals surface area contributed by atoms with Gasteiger partial charge in [-0.25, -0.2) is 0 Å². The first-order valence-corrected chi connectivity index (χ1v) is 5.43. The molecule has 1 unspecified atom stereocenters. The van der Waals surface area contributed by atoms with Gasteiger partial charge in [-0.15, -0.1) is 0 Å². The molecule has 0 aliphatic carbocycles. The van der Waals surface area contributed by atoms with Gasteiger partial charge in [0.15, 0.2) is 0 Å². The third-order valence-electron chi connectivity index (χ3n) is 2.95. The van der Waals surface area contributed by atoms with E-state index in [0.717, 1.165) is 31.8 Å². The second kappa shape index (κ2) is 4.95. The number of pyridine rings is 1. The molecule has 1 fully saturated rings. The van der Waals surface area contributed by atoms with Gasteiger partial charge < -0.3 is 9.64 Å². The normalized spacial score (nSPS) is 19.8. The summed E-state index contributed by atoms with van der Waals surface area (Å²) in [7, 11) is 1.73. The standard InChI is InChI=1S/C12H15N3O/c1-16-9-10-3-5-15(8-10)12-7-14-4-2-11(12)6-13/h2,4,7,10H,3,5,8-9H2,1H3. The van der Waals surface area contributed by atoms with E-state index in [4.69, 9.17) is 10.00 Å². The van der Waals surface area contributed by atoms with Crippen molar-refractivity contribution in [2.45, 2.75) is 6.42 Å². The second-order valence-corrected chi connectivity index (χ2v) is 4.06. The Balaban J connectivity index is 2.12. The quantitative estimate of drug-likeness (QED) is 0.768. The number of hydrogen-bond donors (Lipinski definition) is 0. The van der Waals surface area contributed by atoms with Gasteiger partial charge in [0.25, 0.3) is 0 Å². The van der Waals surface area contributed by atoms with Crippen molar-refractivity contribution in [1.82, 2.24) is 4.98 Å². The number of nitriles is 1. The highest BCUT2D eigenvalue weighted by Crippen LogP contribution is 2.25. The molecule has 1 aromatic rings. The third kappa shape index (κ3) is 2.15. The summed E-state index contributed by atoms with van der Waals surface area (Å²) >= 11 is 0. The van der Waals surface area contributed by atoms with Gasteiger partial charge >= 0.3 is 0 Å². The van der Waals surface area contributed by atoms with Crippen LogP contribution in [0.5, 0.6) is 0 Å². The van der Waals surface area contributed by atoms with Gasteiger partial charge in [-0.1, -0.05) is 0 Å². The van der Waals surface area contributed by atoms with Crippen LogP contribution in [0.2, 0.25) is 0 Å². The van der Waals surface area contributed by atoms with Crippen molar-refractivity contribution in [3.63, 3.8) is 0 Å². The molecule has 4 nitrogen and oxygen atoms in total. The molecule has 0 saturated carbocycles. The molecule has 0 radical (unpaired) electrons. The van der Waals surface area contributed by atoms with E-state index in [9.17, 15) is 0 Å². The molecule has 1 atom stereocenters. The van der Waals surface area contributed by atoms with Gasteiger partial charge in [0.05, 0.1) is 24.1 Å². The SMILES string of the molecule is COCC1CCN(c2cnccc2C#N)C1. The first-order valence-electron chi connectivity index (χ1n) is 5.43. The number of methoxy groups -OCH3 is 1. The lowest BCUT2D eigenvalue weighted by atomic mass is 10.1. The first kappa shape index (κ1) is 10.9. The Morgan fingerprint density at radius 2 is 2.56 bits per heavy atom. The molecular weight excluding hydrogens is 202 g/mol. The maximum Gasteiger partial charge on any atom is 0.101 e. The second-order valence-electron chi connectivity index (χ2n) is 4.06. The van der Waals surface area contributed by atoms with Crippen LogP contribution in [0, 0.1) is 17.2 Å². The van der Waals surface area contributed by atoms with Gasteiger partial charge in [-0.3, -0.25) is 4.98 Å². The van der Waals surface area contributed by atoms with Crippen molar-refractivity contribution in [2.24, 2.45) is 5.92 Å². The zero-order chi connectivity index (χ0) is 11.4. The van der Waals surface area contributed by atoms with E-state index >= 15 is 0 Å². The fraction of sp³-hybridized carbons (Fsp3) is 0.500. The average Bonchev–Trinajstić information content (AvgIpc) is 2.78. The van der Waals surface area contributed by atoms with Gasteiger partial charge in [0.1, 0.15) is 6.07 Å². The number of nitrogens with zero attached hydrogens (tertiary/aromatic N) is 3. The lowest BCUT2D eigenvalue weighted by Crippen LogP contribution is -2.22. The van der Waals surface area contributed by atoms with Crippen LogP contribution in [0.3, 0.4) is 0 Å². The highest BCUT2D eigenvalue weighted by atomic mass is 16.5. The highest BCUT2D eigenvalue weighted by molar-refractivity contribution is 5.58. The van der Waals surface area contributed by atoms with Gasteiger partial charge in [0, 0.05) is 32.3 Å². The minimum atomic E-state index is 0.566. The molecular formula is C12H15N3O. The smallest absolute Gasteiger partial charge is 0.101 e. The van der Waals surface area contributed by atoms with Gasteiger partial charge in [-0.2, -0.15) is 5.26 Å². The summed E-state index contributed by atoms with van der Waals surface area (Å²) in [5.41, 5.74) is 1.65. The van der Waals surface area contributed by atoms with Crippen LogP contribution in [-0.2, 0) is 4.74 Å². The van der Waals surface area contributed by atoms with E-state index in [1.807, 2.05) is 0 Å². The van der Waals surface area contributed by atoms with Crippen molar-refractivity contribution >= 4 is 5.69 Å². The largest absolute Gasteiger partial charge is 0.384 e. The summed E-state index contributed by atoms with van der Waals surface area (Å²) in [6, 6.07) is 3.97. The Kier molecular flexibility index (Phi) is 3.37. The molecule has 0 bridgehead atoms. The molecule has 1 saturated heterocycles. The Hall–Kier alpha value is -1.60. The van der Waals surface area contributed by atoms with Crippen molar-refractivity contribution in [2.75, 3.05) is 31.7 Å². The monoisotopic (exact) mass is 217 g/mol. The van der Waals surface area contributed by atoms with E-state index in [2.05, 4.69) is 16.0 Å². The molecule has 0 N–H and O–H groups in total. The van der Waals surface area contributed by atoms with Gasteiger partial charge in [-0.05, 0) is 12.5 Å². The van der Waals surface area contributed by atoms with Crippen LogP contribution in [-0.4, -0.2) is 31.8 Å².